The van der Waals surface area contributed by atoms with Crippen molar-refractivity contribution in [1.29, 1.82) is 0 Å². The lowest BCUT2D eigenvalue weighted by Gasteiger charge is -2.41. The fourth-order valence-corrected chi connectivity index (χ4v) is 3.10. The Labute approximate surface area is 122 Å². The number of ether oxygens (including phenoxy) is 1. The number of rotatable bonds is 3. The van der Waals surface area contributed by atoms with Crippen LogP contribution in [0.2, 0.25) is 0 Å². The molecule has 0 atom stereocenters. The maximum atomic E-state index is 13.0. The summed E-state index contributed by atoms with van der Waals surface area (Å²) in [4.78, 5) is 13.0. The summed E-state index contributed by atoms with van der Waals surface area (Å²) >= 11 is 0. The molecule has 20 heavy (non-hydrogen) atoms. The van der Waals surface area contributed by atoms with Crippen LogP contribution in [0.5, 0.6) is 0 Å². The molecule has 1 fully saturated rings. The first-order valence-corrected chi connectivity index (χ1v) is 7.47. The molecule has 0 spiro atoms. The Kier molecular flexibility index (Phi) is 4.06. The normalized spacial score (nSPS) is 20.6. The van der Waals surface area contributed by atoms with Gasteiger partial charge in [-0.05, 0) is 56.1 Å². The molecule has 0 saturated heterocycles. The predicted molar refractivity (Wildman–Crippen MR) is 82.2 cm³/mol. The van der Waals surface area contributed by atoms with Crippen molar-refractivity contribution in [2.75, 3.05) is 7.11 Å². The van der Waals surface area contributed by atoms with E-state index in [9.17, 15) is 4.79 Å². The van der Waals surface area contributed by atoms with E-state index >= 15 is 0 Å². The molecule has 0 aromatic heterocycles. The number of aryl methyl sites for hydroxylation is 1. The number of methoxy groups -OCH3 is 1. The maximum absolute atomic E-state index is 13.0. The highest BCUT2D eigenvalue weighted by molar-refractivity contribution is 6.04. The summed E-state index contributed by atoms with van der Waals surface area (Å²) in [6.07, 6.45) is 3.72. The number of ketones is 1. The van der Waals surface area contributed by atoms with Crippen LogP contribution in [-0.4, -0.2) is 18.5 Å². The molecule has 1 aromatic carbocycles. The first kappa shape index (κ1) is 15.2. The van der Waals surface area contributed by atoms with Crippen molar-refractivity contribution >= 4 is 5.78 Å². The Balaban J connectivity index is 2.33. The van der Waals surface area contributed by atoms with E-state index in [0.717, 1.165) is 36.8 Å². The number of carbonyl (C=O) groups excluding carboxylic acids is 1. The third-order valence-corrected chi connectivity index (χ3v) is 5.07. The van der Waals surface area contributed by atoms with Gasteiger partial charge in [-0.3, -0.25) is 4.79 Å². The minimum atomic E-state index is -0.617. The van der Waals surface area contributed by atoms with Gasteiger partial charge in [-0.1, -0.05) is 32.0 Å². The molecular weight excluding hydrogens is 248 g/mol. The monoisotopic (exact) mass is 274 g/mol. The second-order valence-corrected chi connectivity index (χ2v) is 6.94. The minimum Gasteiger partial charge on any atom is -0.370 e. The van der Waals surface area contributed by atoms with Gasteiger partial charge in [-0.2, -0.15) is 0 Å². The Morgan fingerprint density at radius 2 is 1.70 bits per heavy atom. The van der Waals surface area contributed by atoms with E-state index in [1.807, 2.05) is 19.1 Å². The van der Waals surface area contributed by atoms with E-state index in [1.165, 1.54) is 5.56 Å². The Hall–Kier alpha value is -1.15. The van der Waals surface area contributed by atoms with E-state index in [-0.39, 0.29) is 5.78 Å². The summed E-state index contributed by atoms with van der Waals surface area (Å²) in [7, 11) is 1.68. The van der Waals surface area contributed by atoms with Crippen LogP contribution in [0.4, 0.5) is 0 Å². The number of hydrogen-bond donors (Lipinski definition) is 0. The average molecular weight is 274 g/mol. The highest BCUT2D eigenvalue weighted by Crippen LogP contribution is 2.43. The van der Waals surface area contributed by atoms with Gasteiger partial charge in [0.1, 0.15) is 5.60 Å². The van der Waals surface area contributed by atoms with E-state index < -0.39 is 5.60 Å². The van der Waals surface area contributed by atoms with Crippen LogP contribution in [0.15, 0.2) is 18.2 Å². The van der Waals surface area contributed by atoms with Crippen LogP contribution in [0.3, 0.4) is 0 Å². The van der Waals surface area contributed by atoms with Gasteiger partial charge in [0.05, 0.1) is 0 Å². The first-order valence-electron chi connectivity index (χ1n) is 7.47. The fraction of sp³-hybridized carbons (Fsp3) is 0.611. The number of hydrogen-bond acceptors (Lipinski definition) is 2. The summed E-state index contributed by atoms with van der Waals surface area (Å²) in [6, 6.07) is 5.95. The smallest absolute Gasteiger partial charge is 0.194 e. The highest BCUT2D eigenvalue weighted by Gasteiger charge is 2.44. The Morgan fingerprint density at radius 1 is 1.10 bits per heavy atom. The van der Waals surface area contributed by atoms with Crippen LogP contribution >= 0.6 is 0 Å². The Morgan fingerprint density at radius 3 is 2.25 bits per heavy atom. The van der Waals surface area contributed by atoms with Crippen LogP contribution in [0.25, 0.3) is 0 Å². The largest absolute Gasteiger partial charge is 0.370 e. The van der Waals surface area contributed by atoms with Gasteiger partial charge in [0.2, 0.25) is 0 Å². The van der Waals surface area contributed by atoms with Crippen molar-refractivity contribution in [3.05, 3.63) is 34.9 Å². The fourth-order valence-electron chi connectivity index (χ4n) is 3.10. The predicted octanol–water partition coefficient (Wildman–Crippen LogP) is 4.47. The molecule has 1 aliphatic carbocycles. The molecule has 110 valence electrons. The second-order valence-electron chi connectivity index (χ2n) is 6.94. The number of benzene rings is 1. The van der Waals surface area contributed by atoms with Crippen molar-refractivity contribution in [3.63, 3.8) is 0 Å². The van der Waals surface area contributed by atoms with E-state index in [0.29, 0.717) is 5.41 Å². The van der Waals surface area contributed by atoms with E-state index in [1.54, 1.807) is 7.11 Å². The Bertz CT molecular complexity index is 504. The molecule has 0 unspecified atom stereocenters. The summed E-state index contributed by atoms with van der Waals surface area (Å²) in [5.74, 6) is 0.164. The molecule has 2 rings (SSSR count). The standard InChI is InChI=1S/C18H26O2/c1-13-7-6-8-15(14(13)2)16(19)18(20-5)11-9-17(3,4)10-12-18/h6-8H,9-12H2,1-5H3. The lowest BCUT2D eigenvalue weighted by atomic mass is 9.68. The summed E-state index contributed by atoms with van der Waals surface area (Å²) in [5, 5.41) is 0. The zero-order valence-electron chi connectivity index (χ0n) is 13.4. The number of Topliss-reactive ketones (excluding diaryl/α,β-unsaturated/α-hetero) is 1. The zero-order chi connectivity index (χ0) is 15.0. The molecule has 1 aliphatic rings. The molecule has 2 heteroatoms. The first-order chi connectivity index (χ1) is 9.31. The van der Waals surface area contributed by atoms with Crippen molar-refractivity contribution in [2.24, 2.45) is 5.41 Å². The maximum Gasteiger partial charge on any atom is 0.194 e. The second kappa shape index (κ2) is 5.33. The molecule has 0 radical (unpaired) electrons. The molecular formula is C18H26O2. The summed E-state index contributed by atoms with van der Waals surface area (Å²) in [6.45, 7) is 8.62. The van der Waals surface area contributed by atoms with E-state index in [2.05, 4.69) is 26.8 Å². The van der Waals surface area contributed by atoms with Gasteiger partial charge in [-0.25, -0.2) is 0 Å². The highest BCUT2D eigenvalue weighted by atomic mass is 16.5. The quantitative estimate of drug-likeness (QED) is 0.760. The van der Waals surface area contributed by atoms with Crippen LogP contribution in [0.1, 0.15) is 61.0 Å². The number of carbonyl (C=O) groups is 1. The molecule has 2 nitrogen and oxygen atoms in total. The summed E-state index contributed by atoms with van der Waals surface area (Å²) < 4.78 is 5.73. The summed E-state index contributed by atoms with van der Waals surface area (Å²) in [5.41, 5.74) is 2.78. The van der Waals surface area contributed by atoms with Crippen LogP contribution in [0, 0.1) is 19.3 Å². The zero-order valence-corrected chi connectivity index (χ0v) is 13.4. The molecule has 0 aliphatic heterocycles. The average Bonchev–Trinajstić information content (AvgIpc) is 2.42. The van der Waals surface area contributed by atoms with Gasteiger partial charge >= 0.3 is 0 Å². The topological polar surface area (TPSA) is 26.3 Å². The van der Waals surface area contributed by atoms with Crippen molar-refractivity contribution in [2.45, 2.75) is 59.0 Å². The molecule has 1 saturated carbocycles. The van der Waals surface area contributed by atoms with Gasteiger partial charge in [-0.15, -0.1) is 0 Å². The van der Waals surface area contributed by atoms with E-state index in [4.69, 9.17) is 4.74 Å². The van der Waals surface area contributed by atoms with Crippen molar-refractivity contribution in [3.8, 4) is 0 Å². The van der Waals surface area contributed by atoms with Gasteiger partial charge < -0.3 is 4.74 Å². The third-order valence-electron chi connectivity index (χ3n) is 5.07. The molecule has 0 amide bonds. The van der Waals surface area contributed by atoms with Gasteiger partial charge in [0, 0.05) is 12.7 Å². The van der Waals surface area contributed by atoms with Crippen LogP contribution in [-0.2, 0) is 4.74 Å². The molecule has 0 heterocycles. The molecule has 1 aromatic rings. The SMILES string of the molecule is COC1(C(=O)c2cccc(C)c2C)CCC(C)(C)CC1. The van der Waals surface area contributed by atoms with Crippen LogP contribution < -0.4 is 0 Å². The lowest BCUT2D eigenvalue weighted by Crippen LogP contribution is -2.46. The van der Waals surface area contributed by atoms with Gasteiger partial charge in [0.15, 0.2) is 5.78 Å². The lowest BCUT2D eigenvalue weighted by molar-refractivity contribution is -0.0383. The van der Waals surface area contributed by atoms with Crippen molar-refractivity contribution in [1.82, 2.24) is 0 Å². The third kappa shape index (κ3) is 2.67. The van der Waals surface area contributed by atoms with Crippen molar-refractivity contribution < 1.29 is 9.53 Å². The molecule has 0 N–H and O–H groups in total. The van der Waals surface area contributed by atoms with Gasteiger partial charge in [0.25, 0.3) is 0 Å². The molecule has 0 bridgehead atoms. The minimum absolute atomic E-state index is 0.164.